The highest BCUT2D eigenvalue weighted by Gasteiger charge is 2.09. The molecular formula is C13H14N6O. The molecule has 3 aromatic rings. The lowest BCUT2D eigenvalue weighted by Gasteiger charge is -2.06. The maximum absolute atomic E-state index is 12.2. The predicted molar refractivity (Wildman–Crippen MR) is 75.1 cm³/mol. The van der Waals surface area contributed by atoms with E-state index in [1.165, 1.54) is 15.6 Å². The first-order valence-electron chi connectivity index (χ1n) is 6.25. The van der Waals surface area contributed by atoms with E-state index >= 15 is 0 Å². The number of nitrogens with zero attached hydrogens (tertiary/aromatic N) is 5. The van der Waals surface area contributed by atoms with Crippen molar-refractivity contribution in [3.05, 3.63) is 46.4 Å². The zero-order valence-electron chi connectivity index (χ0n) is 11.0. The van der Waals surface area contributed by atoms with Gasteiger partial charge in [0.2, 0.25) is 0 Å². The Labute approximate surface area is 114 Å². The fraction of sp³-hybridized carbons (Fsp3) is 0.231. The van der Waals surface area contributed by atoms with Crippen LogP contribution in [0.25, 0.3) is 11.0 Å². The normalized spacial score (nSPS) is 11.1. The largest absolute Gasteiger partial charge is 0.399 e. The van der Waals surface area contributed by atoms with Crippen LogP contribution in [0.3, 0.4) is 0 Å². The van der Waals surface area contributed by atoms with Crippen LogP contribution in [0, 0.1) is 0 Å². The van der Waals surface area contributed by atoms with Gasteiger partial charge in [-0.25, -0.2) is 9.36 Å². The molecule has 0 saturated carbocycles. The lowest BCUT2D eigenvalue weighted by Crippen LogP contribution is -2.25. The second-order valence-corrected chi connectivity index (χ2v) is 4.57. The maximum Gasteiger partial charge on any atom is 0.280 e. The van der Waals surface area contributed by atoms with Crippen molar-refractivity contribution in [2.24, 2.45) is 7.05 Å². The molecule has 0 saturated heterocycles. The van der Waals surface area contributed by atoms with Crippen molar-refractivity contribution in [1.29, 1.82) is 0 Å². The van der Waals surface area contributed by atoms with Crippen LogP contribution in [-0.2, 0) is 20.0 Å². The van der Waals surface area contributed by atoms with Crippen LogP contribution in [0.5, 0.6) is 0 Å². The summed E-state index contributed by atoms with van der Waals surface area (Å²) in [6, 6.07) is 7.58. The number of nitrogens with two attached hydrogens (primary N) is 1. The van der Waals surface area contributed by atoms with Crippen LogP contribution >= 0.6 is 0 Å². The minimum Gasteiger partial charge on any atom is -0.399 e. The molecule has 0 amide bonds. The lowest BCUT2D eigenvalue weighted by molar-refractivity contribution is 0.547. The fourth-order valence-electron chi connectivity index (χ4n) is 2.11. The Hall–Kier alpha value is -2.70. The highest BCUT2D eigenvalue weighted by atomic mass is 16.1. The molecule has 1 aromatic carbocycles. The Kier molecular flexibility index (Phi) is 2.94. The number of hydrogen-bond donors (Lipinski definition) is 1. The quantitative estimate of drug-likeness (QED) is 0.693. The van der Waals surface area contributed by atoms with E-state index in [0.29, 0.717) is 24.0 Å². The Morgan fingerprint density at radius 2 is 2.10 bits per heavy atom. The second kappa shape index (κ2) is 4.76. The summed E-state index contributed by atoms with van der Waals surface area (Å²) in [6.07, 6.45) is 2.15. The van der Waals surface area contributed by atoms with Gasteiger partial charge >= 0.3 is 0 Å². The monoisotopic (exact) mass is 270 g/mol. The molecule has 2 heterocycles. The summed E-state index contributed by atoms with van der Waals surface area (Å²) in [5.41, 5.74) is 7.90. The average Bonchev–Trinajstić information content (AvgIpc) is 2.82. The number of benzene rings is 1. The topological polar surface area (TPSA) is 91.6 Å². The molecule has 0 bridgehead atoms. The van der Waals surface area contributed by atoms with Crippen molar-refractivity contribution in [2.75, 3.05) is 5.73 Å². The Bertz CT molecular complexity index is 819. The lowest BCUT2D eigenvalue weighted by atomic mass is 10.1. The molecule has 0 unspecified atom stereocenters. The Morgan fingerprint density at radius 1 is 1.30 bits per heavy atom. The van der Waals surface area contributed by atoms with Crippen molar-refractivity contribution >= 4 is 16.7 Å². The molecule has 0 radical (unpaired) electrons. The third-order valence-electron chi connectivity index (χ3n) is 3.27. The predicted octanol–water partition coefficient (Wildman–Crippen LogP) is 0.350. The molecule has 2 N–H and O–H groups in total. The third kappa shape index (κ3) is 2.03. The number of para-hydroxylation sites is 1. The SMILES string of the molecule is Cn1ncc2c(=O)n(CCc3ccccc3N)nnc21. The van der Waals surface area contributed by atoms with E-state index < -0.39 is 0 Å². The van der Waals surface area contributed by atoms with Crippen LogP contribution in [0.1, 0.15) is 5.56 Å². The first-order valence-corrected chi connectivity index (χ1v) is 6.25. The second-order valence-electron chi connectivity index (χ2n) is 4.57. The van der Waals surface area contributed by atoms with Crippen molar-refractivity contribution in [1.82, 2.24) is 24.8 Å². The number of anilines is 1. The number of nitrogen functional groups attached to an aromatic ring is 1. The van der Waals surface area contributed by atoms with E-state index in [-0.39, 0.29) is 5.56 Å². The maximum atomic E-state index is 12.2. The zero-order valence-corrected chi connectivity index (χ0v) is 11.0. The van der Waals surface area contributed by atoms with Crippen molar-refractivity contribution in [3.8, 4) is 0 Å². The smallest absolute Gasteiger partial charge is 0.280 e. The molecule has 0 fully saturated rings. The molecule has 102 valence electrons. The molecular weight excluding hydrogens is 256 g/mol. The summed E-state index contributed by atoms with van der Waals surface area (Å²) in [5.74, 6) is 0. The van der Waals surface area contributed by atoms with Gasteiger partial charge in [-0.05, 0) is 18.1 Å². The standard InChI is InChI=1S/C13H14N6O/c1-18-12-10(8-15-18)13(20)19(17-16-12)7-6-9-4-2-3-5-11(9)14/h2-5,8H,6-7,14H2,1H3. The Morgan fingerprint density at radius 3 is 2.90 bits per heavy atom. The summed E-state index contributed by atoms with van der Waals surface area (Å²) in [6.45, 7) is 0.435. The van der Waals surface area contributed by atoms with Crippen molar-refractivity contribution in [3.63, 3.8) is 0 Å². The van der Waals surface area contributed by atoms with Crippen molar-refractivity contribution in [2.45, 2.75) is 13.0 Å². The molecule has 0 aliphatic rings. The summed E-state index contributed by atoms with van der Waals surface area (Å²) in [7, 11) is 1.73. The fourth-order valence-corrected chi connectivity index (χ4v) is 2.11. The zero-order chi connectivity index (χ0) is 14.1. The summed E-state index contributed by atoms with van der Waals surface area (Å²) in [4.78, 5) is 12.2. The summed E-state index contributed by atoms with van der Waals surface area (Å²) >= 11 is 0. The van der Waals surface area contributed by atoms with Gasteiger partial charge in [-0.2, -0.15) is 5.10 Å². The third-order valence-corrected chi connectivity index (χ3v) is 3.27. The van der Waals surface area contributed by atoms with Crippen LogP contribution in [0.15, 0.2) is 35.3 Å². The van der Waals surface area contributed by atoms with E-state index in [1.807, 2.05) is 24.3 Å². The number of fused-ring (bicyclic) bond motifs is 1. The van der Waals surface area contributed by atoms with Gasteiger partial charge in [0.25, 0.3) is 5.56 Å². The Balaban J connectivity index is 1.90. The number of rotatable bonds is 3. The first-order chi connectivity index (χ1) is 9.66. The number of hydrogen-bond acceptors (Lipinski definition) is 5. The van der Waals surface area contributed by atoms with Crippen LogP contribution < -0.4 is 11.3 Å². The minimum absolute atomic E-state index is 0.183. The molecule has 0 atom stereocenters. The van der Waals surface area contributed by atoms with Gasteiger partial charge in [0, 0.05) is 12.7 Å². The van der Waals surface area contributed by atoms with E-state index in [2.05, 4.69) is 15.4 Å². The van der Waals surface area contributed by atoms with E-state index in [1.54, 1.807) is 7.05 Å². The van der Waals surface area contributed by atoms with E-state index in [4.69, 9.17) is 5.73 Å². The first kappa shape index (κ1) is 12.3. The van der Waals surface area contributed by atoms with Crippen LogP contribution in [0.4, 0.5) is 5.69 Å². The van der Waals surface area contributed by atoms with Gasteiger partial charge in [0.15, 0.2) is 5.65 Å². The van der Waals surface area contributed by atoms with Gasteiger partial charge < -0.3 is 5.73 Å². The molecule has 3 rings (SSSR count). The summed E-state index contributed by atoms with van der Waals surface area (Å²) in [5, 5.41) is 12.4. The minimum atomic E-state index is -0.183. The average molecular weight is 270 g/mol. The highest BCUT2D eigenvalue weighted by Crippen LogP contribution is 2.11. The van der Waals surface area contributed by atoms with Gasteiger partial charge in [-0.1, -0.05) is 23.4 Å². The van der Waals surface area contributed by atoms with Gasteiger partial charge in [-0.3, -0.25) is 4.79 Å². The molecule has 0 spiro atoms. The van der Waals surface area contributed by atoms with Gasteiger partial charge in [0.1, 0.15) is 5.39 Å². The van der Waals surface area contributed by atoms with Gasteiger partial charge in [-0.15, -0.1) is 5.10 Å². The number of aromatic nitrogens is 5. The van der Waals surface area contributed by atoms with Crippen LogP contribution in [-0.4, -0.2) is 24.8 Å². The molecule has 7 heteroatoms. The summed E-state index contributed by atoms with van der Waals surface area (Å²) < 4.78 is 2.87. The molecule has 0 aliphatic carbocycles. The van der Waals surface area contributed by atoms with E-state index in [9.17, 15) is 4.79 Å². The number of aryl methyl sites for hydroxylation is 3. The van der Waals surface area contributed by atoms with Crippen molar-refractivity contribution < 1.29 is 0 Å². The molecule has 20 heavy (non-hydrogen) atoms. The molecule has 7 nitrogen and oxygen atoms in total. The van der Waals surface area contributed by atoms with Crippen LogP contribution in [0.2, 0.25) is 0 Å². The van der Waals surface area contributed by atoms with E-state index in [0.717, 1.165) is 11.3 Å². The molecule has 0 aliphatic heterocycles. The molecule has 2 aromatic heterocycles. The van der Waals surface area contributed by atoms with Gasteiger partial charge in [0.05, 0.1) is 12.7 Å². The highest BCUT2D eigenvalue weighted by molar-refractivity contribution is 5.72.